The van der Waals surface area contributed by atoms with Crippen LogP contribution in [0.25, 0.3) is 10.9 Å². The molecule has 0 bridgehead atoms. The summed E-state index contributed by atoms with van der Waals surface area (Å²) in [5.74, 6) is -2.84. The number of rotatable bonds is 9. The smallest absolute Gasteiger partial charge is 0.249 e. The van der Waals surface area contributed by atoms with Gasteiger partial charge in [-0.1, -0.05) is 35.5 Å². The molecule has 1 aliphatic heterocycles. The molecule has 1 fully saturated rings. The van der Waals surface area contributed by atoms with E-state index in [9.17, 15) is 18.4 Å². The number of pyridine rings is 2. The number of ether oxygens (including phenoxy) is 1. The molecule has 5 rings (SSSR count). The Labute approximate surface area is 237 Å². The molecule has 1 aromatic carbocycles. The van der Waals surface area contributed by atoms with Crippen LogP contribution >= 0.6 is 11.6 Å². The Morgan fingerprint density at radius 3 is 2.71 bits per heavy atom. The van der Waals surface area contributed by atoms with E-state index in [1.807, 2.05) is 6.07 Å². The number of fused-ring (bicyclic) bond motifs is 1. The van der Waals surface area contributed by atoms with E-state index in [2.05, 4.69) is 37.5 Å². The second-order valence-electron chi connectivity index (χ2n) is 9.11. The molecule has 0 spiro atoms. The number of hydrogen-bond donors (Lipinski definition) is 2. The van der Waals surface area contributed by atoms with Crippen LogP contribution in [0.2, 0.25) is 5.02 Å². The zero-order valence-corrected chi connectivity index (χ0v) is 22.3. The Hall–Kier alpha value is -4.73. The van der Waals surface area contributed by atoms with Gasteiger partial charge in [-0.3, -0.25) is 4.98 Å². The first kappa shape index (κ1) is 27.8. The van der Waals surface area contributed by atoms with Gasteiger partial charge in [-0.2, -0.15) is 9.65 Å². The molecule has 4 aromatic rings. The predicted octanol–water partition coefficient (Wildman–Crippen LogP) is 6.48. The van der Waals surface area contributed by atoms with Gasteiger partial charge in [0.25, 0.3) is 0 Å². The Morgan fingerprint density at radius 1 is 1.22 bits per heavy atom. The first-order valence-electron chi connectivity index (χ1n) is 12.3. The highest BCUT2D eigenvalue weighted by Gasteiger charge is 2.25. The molecular formula is C28H22ClF3N8O. The minimum Gasteiger partial charge on any atom is -0.377 e. The summed E-state index contributed by atoms with van der Waals surface area (Å²) in [6.45, 7) is 6.72. The van der Waals surface area contributed by atoms with Crippen LogP contribution in [0.3, 0.4) is 0 Å². The first-order chi connectivity index (χ1) is 19.8. The molecule has 41 heavy (non-hydrogen) atoms. The van der Waals surface area contributed by atoms with E-state index in [-0.39, 0.29) is 28.0 Å². The van der Waals surface area contributed by atoms with Crippen LogP contribution in [-0.4, -0.2) is 38.2 Å². The van der Waals surface area contributed by atoms with E-state index >= 15 is 0 Å². The van der Waals surface area contributed by atoms with Gasteiger partial charge in [0, 0.05) is 23.3 Å². The van der Waals surface area contributed by atoms with Crippen LogP contribution in [0.4, 0.5) is 30.2 Å². The van der Waals surface area contributed by atoms with E-state index in [0.29, 0.717) is 41.1 Å². The van der Waals surface area contributed by atoms with Crippen LogP contribution in [0.5, 0.6) is 0 Å². The van der Waals surface area contributed by atoms with Crippen LogP contribution in [-0.2, 0) is 4.74 Å². The topological polar surface area (TPSA) is 114 Å². The minimum absolute atomic E-state index is 0.0613. The quantitative estimate of drug-likeness (QED) is 0.171. The highest BCUT2D eigenvalue weighted by atomic mass is 35.5. The van der Waals surface area contributed by atoms with Crippen LogP contribution < -0.4 is 10.6 Å². The lowest BCUT2D eigenvalue weighted by molar-refractivity contribution is -0.0293. The highest BCUT2D eigenvalue weighted by Crippen LogP contribution is 2.37. The molecule has 1 aliphatic rings. The summed E-state index contributed by atoms with van der Waals surface area (Å²) in [7, 11) is 0. The normalized spacial score (nSPS) is 14.6. The van der Waals surface area contributed by atoms with Crippen molar-refractivity contribution in [1.29, 1.82) is 5.26 Å². The molecule has 3 aromatic heterocycles. The van der Waals surface area contributed by atoms with E-state index in [0.717, 1.165) is 12.3 Å². The van der Waals surface area contributed by atoms with Gasteiger partial charge in [0.05, 0.1) is 59.1 Å². The number of nitrogens with one attached hydrogen (secondary N) is 2. The first-order valence-corrected chi connectivity index (χ1v) is 12.7. The second kappa shape index (κ2) is 11.8. The Kier molecular flexibility index (Phi) is 8.00. The zero-order valence-electron chi connectivity index (χ0n) is 21.6. The fourth-order valence-electron chi connectivity index (χ4n) is 4.08. The van der Waals surface area contributed by atoms with Gasteiger partial charge in [-0.25, -0.2) is 18.4 Å². The number of nitriles is 1. The molecule has 0 radical (unpaired) electrons. The fourth-order valence-corrected chi connectivity index (χ4v) is 4.34. The minimum atomic E-state index is -1.25. The van der Waals surface area contributed by atoms with Crippen LogP contribution in [0, 0.1) is 23.1 Å². The van der Waals surface area contributed by atoms with E-state index in [1.165, 1.54) is 24.4 Å². The Balaban J connectivity index is 1.56. The summed E-state index contributed by atoms with van der Waals surface area (Å²) >= 11 is 6.61. The summed E-state index contributed by atoms with van der Waals surface area (Å²) in [6.07, 6.45) is 8.32. The van der Waals surface area contributed by atoms with Crippen molar-refractivity contribution in [1.82, 2.24) is 25.0 Å². The van der Waals surface area contributed by atoms with Crippen molar-refractivity contribution in [3.8, 4) is 6.07 Å². The number of anilines is 3. The molecule has 0 amide bonds. The number of halogens is 4. The van der Waals surface area contributed by atoms with Crippen LogP contribution in [0.1, 0.15) is 30.3 Å². The molecule has 0 saturated carbocycles. The third-order valence-electron chi connectivity index (χ3n) is 6.34. The number of benzene rings is 1. The van der Waals surface area contributed by atoms with Gasteiger partial charge in [0.2, 0.25) is 5.95 Å². The van der Waals surface area contributed by atoms with Gasteiger partial charge < -0.3 is 15.4 Å². The van der Waals surface area contributed by atoms with Crippen molar-refractivity contribution < 1.29 is 17.9 Å². The summed E-state index contributed by atoms with van der Waals surface area (Å²) in [5.41, 5.74) is 2.34. The summed E-state index contributed by atoms with van der Waals surface area (Å²) in [5, 5.41) is 25.2. The third-order valence-corrected chi connectivity index (χ3v) is 6.63. The van der Waals surface area contributed by atoms with Crippen molar-refractivity contribution in [2.24, 2.45) is 0 Å². The largest absolute Gasteiger partial charge is 0.377 e. The van der Waals surface area contributed by atoms with Gasteiger partial charge in [-0.15, -0.1) is 5.10 Å². The van der Waals surface area contributed by atoms with Crippen LogP contribution in [0.15, 0.2) is 73.0 Å². The zero-order chi connectivity index (χ0) is 29.1. The summed E-state index contributed by atoms with van der Waals surface area (Å²) in [6, 6.07) is 5.69. The Bertz CT molecular complexity index is 1740. The average Bonchev–Trinajstić information content (AvgIpc) is 3.40. The lowest BCUT2D eigenvalue weighted by Gasteiger charge is -2.25. The van der Waals surface area contributed by atoms with Crippen molar-refractivity contribution in [3.05, 3.63) is 101 Å². The van der Waals surface area contributed by atoms with E-state index < -0.39 is 23.6 Å². The maximum atomic E-state index is 13.9. The third kappa shape index (κ3) is 5.91. The van der Waals surface area contributed by atoms with E-state index in [1.54, 1.807) is 29.9 Å². The number of allylic oxidation sites excluding steroid dienone is 3. The lowest BCUT2D eigenvalue weighted by Crippen LogP contribution is -2.31. The lowest BCUT2D eigenvalue weighted by atomic mass is 10.0. The van der Waals surface area contributed by atoms with Crippen molar-refractivity contribution >= 4 is 39.6 Å². The molecular weight excluding hydrogens is 557 g/mol. The monoisotopic (exact) mass is 578 g/mol. The molecule has 9 nitrogen and oxygen atoms in total. The fraction of sp³-hybridized carbons (Fsp3) is 0.179. The van der Waals surface area contributed by atoms with Gasteiger partial charge >= 0.3 is 0 Å². The van der Waals surface area contributed by atoms with Gasteiger partial charge in [0.1, 0.15) is 23.6 Å². The van der Waals surface area contributed by atoms with Crippen molar-refractivity contribution in [2.75, 3.05) is 23.8 Å². The standard InChI is InChI=1S/C28H22ClF3N8O/c1-3-17(30)5-4-15(2)25(24-12-40(39-38-24)20-13-41-14-20)36-18-6-21-26(37-19-8-23(31)28(32)35-11-19)16(9-33)10-34-27(21)22(29)7-18/h3-8,10-12,20,25,36H,2,13-14H2,1H3,(H,34,37)/b5-4-,17-3+/t25-/m0/s1. The maximum absolute atomic E-state index is 13.9. The number of nitrogens with zero attached hydrogens (tertiary/aromatic N) is 6. The molecule has 13 heteroatoms. The molecule has 208 valence electrons. The number of hydrogen-bond acceptors (Lipinski definition) is 8. The van der Waals surface area contributed by atoms with E-state index in [4.69, 9.17) is 16.3 Å². The van der Waals surface area contributed by atoms with Gasteiger partial charge in [-0.05, 0) is 30.7 Å². The predicted molar refractivity (Wildman–Crippen MR) is 148 cm³/mol. The molecule has 2 N–H and O–H groups in total. The van der Waals surface area contributed by atoms with Crippen molar-refractivity contribution in [3.63, 3.8) is 0 Å². The highest BCUT2D eigenvalue weighted by molar-refractivity contribution is 6.36. The van der Waals surface area contributed by atoms with Crippen molar-refractivity contribution in [2.45, 2.75) is 19.0 Å². The molecule has 0 unspecified atom stereocenters. The number of aromatic nitrogens is 5. The molecule has 0 aliphatic carbocycles. The average molecular weight is 579 g/mol. The summed E-state index contributed by atoms with van der Waals surface area (Å²) < 4.78 is 48.1. The molecule has 1 atom stereocenters. The second-order valence-corrected chi connectivity index (χ2v) is 9.52. The molecule has 4 heterocycles. The maximum Gasteiger partial charge on any atom is 0.249 e. The Morgan fingerprint density at radius 2 is 2.02 bits per heavy atom. The SMILES string of the molecule is C=C(/C=C\C(F)=C/C)[C@H](Nc1cc(Cl)c2ncc(C#N)c(Nc3cnc(F)c(F)c3)c2c1)c1cn(C2COC2)nn1. The molecule has 1 saturated heterocycles. The van der Waals surface area contributed by atoms with Gasteiger partial charge in [0.15, 0.2) is 5.82 Å². The summed E-state index contributed by atoms with van der Waals surface area (Å²) in [4.78, 5) is 7.70.